The molecule has 120 valence electrons. The van der Waals surface area contributed by atoms with Gasteiger partial charge < -0.3 is 9.31 Å². The molecule has 0 atom stereocenters. The van der Waals surface area contributed by atoms with E-state index in [-0.39, 0.29) is 7.12 Å². The summed E-state index contributed by atoms with van der Waals surface area (Å²) in [6.45, 7) is 21.1. The Hall–Kier alpha value is -1.64. The summed E-state index contributed by atoms with van der Waals surface area (Å²) in [5, 5.41) is 0. The van der Waals surface area contributed by atoms with E-state index < -0.39 is 0 Å². The van der Waals surface area contributed by atoms with E-state index in [0.717, 1.165) is 12.2 Å². The van der Waals surface area contributed by atoms with Crippen LogP contribution in [0.1, 0.15) is 48.0 Å². The van der Waals surface area contributed by atoms with Crippen LogP contribution in [0.3, 0.4) is 0 Å². The average Bonchev–Trinajstić information content (AvgIpc) is 2.54. The van der Waals surface area contributed by atoms with Gasteiger partial charge >= 0.3 is 7.12 Å². The van der Waals surface area contributed by atoms with E-state index in [1.54, 1.807) is 18.2 Å². The monoisotopic (exact) mass is 292 g/mol. The lowest BCUT2D eigenvalue weighted by atomic mass is 9.94. The Bertz CT molecular complexity index is 328. The van der Waals surface area contributed by atoms with Crippen molar-refractivity contribution < 1.29 is 9.31 Å². The molecule has 0 aromatic carbocycles. The Kier molecular flexibility index (Phi) is 24.0. The Morgan fingerprint density at radius 2 is 1.57 bits per heavy atom. The molecule has 0 saturated heterocycles. The second-order valence-corrected chi connectivity index (χ2v) is 3.31. The van der Waals surface area contributed by atoms with Crippen LogP contribution in [-0.2, 0) is 9.31 Å². The van der Waals surface area contributed by atoms with Crippen LogP contribution in [0.15, 0.2) is 61.1 Å². The van der Waals surface area contributed by atoms with Crippen molar-refractivity contribution in [2.75, 3.05) is 0 Å². The first-order chi connectivity index (χ1) is 10.2. The molecule has 0 radical (unpaired) electrons. The summed E-state index contributed by atoms with van der Waals surface area (Å²) in [4.78, 5) is 0. The quantitative estimate of drug-likeness (QED) is 0.296. The van der Waals surface area contributed by atoms with E-state index in [1.165, 1.54) is 0 Å². The predicted molar refractivity (Wildman–Crippen MR) is 98.1 cm³/mol. The molecule has 0 spiro atoms. The van der Waals surface area contributed by atoms with E-state index >= 15 is 0 Å². The van der Waals surface area contributed by atoms with Gasteiger partial charge in [-0.25, -0.2) is 0 Å². The van der Waals surface area contributed by atoms with Gasteiger partial charge in [0.15, 0.2) is 0 Å². The Labute approximate surface area is 133 Å². The van der Waals surface area contributed by atoms with Crippen LogP contribution in [0.2, 0.25) is 6.82 Å². The zero-order valence-electron chi connectivity index (χ0n) is 15.0. The van der Waals surface area contributed by atoms with Crippen LogP contribution in [0.25, 0.3) is 0 Å². The fraction of sp³-hybridized carbons (Fsp3) is 0.444. The minimum absolute atomic E-state index is 0.369. The molecule has 0 N–H and O–H groups in total. The first-order valence-electron chi connectivity index (χ1n) is 7.79. The van der Waals surface area contributed by atoms with Gasteiger partial charge in [-0.05, 0) is 44.5 Å². The van der Waals surface area contributed by atoms with Gasteiger partial charge in [0.25, 0.3) is 0 Å². The fourth-order valence-electron chi connectivity index (χ4n) is 1.12. The highest BCUT2D eigenvalue weighted by atomic mass is 16.6. The van der Waals surface area contributed by atoms with Gasteiger partial charge in [0.1, 0.15) is 5.76 Å². The Balaban J connectivity index is -0.000000739. The van der Waals surface area contributed by atoms with Crippen LogP contribution in [0.5, 0.6) is 0 Å². The summed E-state index contributed by atoms with van der Waals surface area (Å²) in [5.41, 5.74) is 0. The summed E-state index contributed by atoms with van der Waals surface area (Å²) in [7, 11) is -0.369. The lowest BCUT2D eigenvalue weighted by Gasteiger charge is -2.14. The van der Waals surface area contributed by atoms with E-state index in [2.05, 4.69) is 20.1 Å². The molecule has 0 saturated carbocycles. The van der Waals surface area contributed by atoms with Crippen molar-refractivity contribution in [3.05, 3.63) is 61.1 Å². The van der Waals surface area contributed by atoms with E-state index in [0.29, 0.717) is 5.76 Å². The van der Waals surface area contributed by atoms with Gasteiger partial charge in [-0.3, -0.25) is 0 Å². The largest absolute Gasteiger partial charge is 0.591 e. The topological polar surface area (TPSA) is 18.5 Å². The lowest BCUT2D eigenvalue weighted by molar-refractivity contribution is 0.316. The second-order valence-electron chi connectivity index (χ2n) is 3.31. The molecule has 0 aliphatic carbocycles. The SMILES string of the molecule is C=C/C=C(\C=C)OB(C)OC(/C=C\CC)=C/C.CC.CC. The first-order valence-corrected chi connectivity index (χ1v) is 7.79. The Morgan fingerprint density at radius 3 is 1.95 bits per heavy atom. The van der Waals surface area contributed by atoms with E-state index in [9.17, 15) is 0 Å². The summed E-state index contributed by atoms with van der Waals surface area (Å²) in [6.07, 6.45) is 11.9. The minimum Gasteiger partial charge on any atom is -0.526 e. The summed E-state index contributed by atoms with van der Waals surface area (Å²) in [5.74, 6) is 1.43. The molecule has 0 amide bonds. The third-order valence-corrected chi connectivity index (χ3v) is 1.89. The third-order valence-electron chi connectivity index (χ3n) is 1.89. The molecule has 0 aliphatic rings. The molecule has 0 rings (SSSR count). The maximum Gasteiger partial charge on any atom is 0.591 e. The van der Waals surface area contributed by atoms with Crippen molar-refractivity contribution in [1.82, 2.24) is 0 Å². The van der Waals surface area contributed by atoms with Gasteiger partial charge in [0.2, 0.25) is 0 Å². The van der Waals surface area contributed by atoms with Crippen molar-refractivity contribution in [3.63, 3.8) is 0 Å². The Morgan fingerprint density at radius 1 is 1.05 bits per heavy atom. The van der Waals surface area contributed by atoms with Crippen molar-refractivity contribution in [1.29, 1.82) is 0 Å². The molecule has 2 nitrogen and oxygen atoms in total. The molecule has 0 fully saturated rings. The number of allylic oxidation sites excluding steroid dienone is 6. The van der Waals surface area contributed by atoms with E-state index in [4.69, 9.17) is 9.31 Å². The highest BCUT2D eigenvalue weighted by molar-refractivity contribution is 6.43. The van der Waals surface area contributed by atoms with Crippen LogP contribution in [0.4, 0.5) is 0 Å². The van der Waals surface area contributed by atoms with Crippen molar-refractivity contribution in [2.45, 2.75) is 54.8 Å². The molecule has 3 heteroatoms. The summed E-state index contributed by atoms with van der Waals surface area (Å²) in [6, 6.07) is 0. The number of hydrogen-bond acceptors (Lipinski definition) is 2. The molecule has 0 aromatic heterocycles. The molecule has 21 heavy (non-hydrogen) atoms. The van der Waals surface area contributed by atoms with E-state index in [1.807, 2.05) is 59.7 Å². The summed E-state index contributed by atoms with van der Waals surface area (Å²) < 4.78 is 11.1. The fourth-order valence-corrected chi connectivity index (χ4v) is 1.12. The molecule has 0 unspecified atom stereocenters. The zero-order chi connectivity index (χ0) is 17.1. The molecule has 0 heterocycles. The molecule has 0 aromatic rings. The average molecular weight is 292 g/mol. The van der Waals surface area contributed by atoms with Gasteiger partial charge in [-0.15, -0.1) is 0 Å². The predicted octanol–water partition coefficient (Wildman–Crippen LogP) is 6.32. The highest BCUT2D eigenvalue weighted by Crippen LogP contribution is 2.08. The second kappa shape index (κ2) is 20.7. The zero-order valence-corrected chi connectivity index (χ0v) is 15.0. The van der Waals surface area contributed by atoms with Crippen LogP contribution in [-0.4, -0.2) is 7.12 Å². The molecule has 0 aliphatic heterocycles. The highest BCUT2D eigenvalue weighted by Gasteiger charge is 2.15. The van der Waals surface area contributed by atoms with Crippen molar-refractivity contribution in [3.8, 4) is 0 Å². The van der Waals surface area contributed by atoms with Gasteiger partial charge in [0.05, 0.1) is 5.76 Å². The van der Waals surface area contributed by atoms with Gasteiger partial charge in [0, 0.05) is 0 Å². The summed E-state index contributed by atoms with van der Waals surface area (Å²) >= 11 is 0. The van der Waals surface area contributed by atoms with Crippen LogP contribution >= 0.6 is 0 Å². The van der Waals surface area contributed by atoms with Crippen LogP contribution in [0, 0.1) is 0 Å². The van der Waals surface area contributed by atoms with Gasteiger partial charge in [-0.2, -0.15) is 0 Å². The van der Waals surface area contributed by atoms with Crippen molar-refractivity contribution >= 4 is 7.12 Å². The van der Waals surface area contributed by atoms with Crippen molar-refractivity contribution in [2.24, 2.45) is 0 Å². The lowest BCUT2D eigenvalue weighted by Crippen LogP contribution is -2.17. The maximum atomic E-state index is 5.61. The smallest absolute Gasteiger partial charge is 0.526 e. The number of rotatable bonds is 8. The standard InChI is InChI=1S/C14H21BO2.2C2H6/c1-6-10-12-14(9-4)17-15(5)16-13(8-3)11-7-2;2*1-2/h7-12H,2-3,6H2,1,4-5H3;2*1-2H3/b12-10-,13-11+,14-9+;;. The van der Waals surface area contributed by atoms with Gasteiger partial charge in [-0.1, -0.05) is 59.9 Å². The maximum absolute atomic E-state index is 5.61. The molecule has 0 bridgehead atoms. The first kappa shape index (κ1) is 24.4. The normalized spacial score (nSPS) is 10.6. The number of hydrogen-bond donors (Lipinski definition) is 0. The van der Waals surface area contributed by atoms with Crippen LogP contribution < -0.4 is 0 Å². The third kappa shape index (κ3) is 16.3. The minimum atomic E-state index is -0.369. The molecular formula is C18H33BO2. The molecular weight excluding hydrogens is 259 g/mol.